The average Bonchev–Trinajstić information content (AvgIpc) is 3.09. The van der Waals surface area contributed by atoms with Crippen LogP contribution in [0.25, 0.3) is 0 Å². The van der Waals surface area contributed by atoms with E-state index in [0.29, 0.717) is 13.1 Å². The van der Waals surface area contributed by atoms with Crippen LogP contribution < -0.4 is 14.8 Å². The van der Waals surface area contributed by atoms with Crippen LogP contribution in [-0.4, -0.2) is 37.5 Å². The molecule has 28 heavy (non-hydrogen) atoms. The largest absolute Gasteiger partial charge is 0.497 e. The highest BCUT2D eigenvalue weighted by Gasteiger charge is 2.34. The summed E-state index contributed by atoms with van der Waals surface area (Å²) in [6.07, 6.45) is 0.247. The maximum absolute atomic E-state index is 12.6. The zero-order chi connectivity index (χ0) is 20.1. The molecular weight excluding hydrogens is 356 g/mol. The molecule has 0 radical (unpaired) electrons. The van der Waals surface area contributed by atoms with Gasteiger partial charge in [-0.3, -0.25) is 9.59 Å². The van der Waals surface area contributed by atoms with Gasteiger partial charge in [-0.05, 0) is 42.3 Å². The molecule has 1 heterocycles. The molecule has 0 aromatic heterocycles. The molecule has 1 saturated heterocycles. The van der Waals surface area contributed by atoms with Crippen molar-refractivity contribution >= 4 is 11.8 Å². The third-order valence-electron chi connectivity index (χ3n) is 5.09. The number of hydrogen-bond donors (Lipinski definition) is 1. The minimum absolute atomic E-state index is 0.00747. The maximum atomic E-state index is 12.6. The summed E-state index contributed by atoms with van der Waals surface area (Å²) in [7, 11) is 3.24. The molecular formula is C22H26N2O4. The van der Waals surface area contributed by atoms with Gasteiger partial charge in [0.25, 0.3) is 0 Å². The summed E-state index contributed by atoms with van der Waals surface area (Å²) in [5.41, 5.74) is 2.01. The Morgan fingerprint density at radius 3 is 2.21 bits per heavy atom. The van der Waals surface area contributed by atoms with Gasteiger partial charge in [-0.15, -0.1) is 0 Å². The van der Waals surface area contributed by atoms with E-state index in [1.54, 1.807) is 19.1 Å². The van der Waals surface area contributed by atoms with Gasteiger partial charge >= 0.3 is 0 Å². The molecule has 2 amide bonds. The highest BCUT2D eigenvalue weighted by Crippen LogP contribution is 2.23. The van der Waals surface area contributed by atoms with Gasteiger partial charge in [0, 0.05) is 19.5 Å². The molecule has 3 rings (SSSR count). The van der Waals surface area contributed by atoms with E-state index in [4.69, 9.17) is 9.47 Å². The number of nitrogens with one attached hydrogen (secondary N) is 1. The lowest BCUT2D eigenvalue weighted by Gasteiger charge is -2.19. The fraction of sp³-hybridized carbons (Fsp3) is 0.364. The Balaban J connectivity index is 1.56. The first-order valence-corrected chi connectivity index (χ1v) is 9.35. The normalized spacial score (nSPS) is 17.3. The van der Waals surface area contributed by atoms with Gasteiger partial charge in [-0.1, -0.05) is 24.3 Å². The van der Waals surface area contributed by atoms with Crippen molar-refractivity contribution in [2.45, 2.75) is 25.9 Å². The second kappa shape index (κ2) is 8.78. The van der Waals surface area contributed by atoms with Crippen molar-refractivity contribution in [3.8, 4) is 11.5 Å². The number of rotatable bonds is 7. The van der Waals surface area contributed by atoms with Crippen molar-refractivity contribution in [2.24, 2.45) is 5.92 Å². The molecule has 1 fully saturated rings. The van der Waals surface area contributed by atoms with Gasteiger partial charge in [0.05, 0.1) is 26.2 Å². The predicted molar refractivity (Wildman–Crippen MR) is 106 cm³/mol. The molecule has 0 spiro atoms. The molecule has 2 atom stereocenters. The lowest BCUT2D eigenvalue weighted by molar-refractivity contribution is -0.129. The number of carbonyl (C=O) groups is 2. The number of nitrogens with zero attached hydrogens (tertiary/aromatic N) is 1. The van der Waals surface area contributed by atoms with Crippen LogP contribution in [0.1, 0.15) is 30.5 Å². The van der Waals surface area contributed by atoms with Crippen molar-refractivity contribution in [3.63, 3.8) is 0 Å². The van der Waals surface area contributed by atoms with Crippen LogP contribution in [0.15, 0.2) is 48.5 Å². The van der Waals surface area contributed by atoms with E-state index in [9.17, 15) is 9.59 Å². The molecule has 148 valence electrons. The fourth-order valence-electron chi connectivity index (χ4n) is 3.36. The zero-order valence-electron chi connectivity index (χ0n) is 16.5. The third kappa shape index (κ3) is 4.63. The summed E-state index contributed by atoms with van der Waals surface area (Å²) >= 11 is 0. The summed E-state index contributed by atoms with van der Waals surface area (Å²) in [5, 5.41) is 3.02. The first-order valence-electron chi connectivity index (χ1n) is 9.35. The van der Waals surface area contributed by atoms with Crippen LogP contribution in [-0.2, 0) is 16.1 Å². The quantitative estimate of drug-likeness (QED) is 0.800. The summed E-state index contributed by atoms with van der Waals surface area (Å²) in [4.78, 5) is 26.7. The summed E-state index contributed by atoms with van der Waals surface area (Å²) < 4.78 is 10.3. The molecule has 2 unspecified atom stereocenters. The summed E-state index contributed by atoms with van der Waals surface area (Å²) in [6, 6.07) is 15.1. The number of likely N-dealkylation sites (tertiary alicyclic amines) is 1. The number of benzene rings is 2. The number of hydrogen-bond acceptors (Lipinski definition) is 4. The lowest BCUT2D eigenvalue weighted by atomic mass is 10.0. The van der Waals surface area contributed by atoms with Crippen LogP contribution in [0, 0.1) is 5.92 Å². The second-order valence-electron chi connectivity index (χ2n) is 7.03. The Labute approximate surface area is 165 Å². The highest BCUT2D eigenvalue weighted by atomic mass is 16.5. The van der Waals surface area contributed by atoms with Crippen LogP contribution in [0.3, 0.4) is 0 Å². The van der Waals surface area contributed by atoms with Crippen LogP contribution in [0.5, 0.6) is 11.5 Å². The van der Waals surface area contributed by atoms with Crippen molar-refractivity contribution in [2.75, 3.05) is 20.8 Å². The van der Waals surface area contributed by atoms with Gasteiger partial charge in [-0.25, -0.2) is 0 Å². The average molecular weight is 382 g/mol. The van der Waals surface area contributed by atoms with E-state index < -0.39 is 0 Å². The second-order valence-corrected chi connectivity index (χ2v) is 7.03. The minimum Gasteiger partial charge on any atom is -0.497 e. The van der Waals surface area contributed by atoms with Crippen LogP contribution >= 0.6 is 0 Å². The Hall–Kier alpha value is -3.02. The standard InChI is InChI=1S/C22H26N2O4/c1-15(17-6-10-20(28-3)11-7-17)23-22(26)18-12-21(25)24(14-18)13-16-4-8-19(27-2)9-5-16/h4-11,15,18H,12-14H2,1-3H3,(H,23,26). The Morgan fingerprint density at radius 1 is 1.07 bits per heavy atom. The molecule has 0 aliphatic carbocycles. The van der Waals surface area contributed by atoms with E-state index in [-0.39, 0.29) is 30.2 Å². The van der Waals surface area contributed by atoms with Gasteiger partial charge in [0.2, 0.25) is 11.8 Å². The summed E-state index contributed by atoms with van der Waals surface area (Å²) in [5.74, 6) is 1.15. The van der Waals surface area contributed by atoms with Gasteiger partial charge < -0.3 is 19.7 Å². The lowest BCUT2D eigenvalue weighted by Crippen LogP contribution is -2.34. The molecule has 2 aromatic carbocycles. The van der Waals surface area contributed by atoms with Gasteiger partial charge in [-0.2, -0.15) is 0 Å². The van der Waals surface area contributed by atoms with Crippen molar-refractivity contribution < 1.29 is 19.1 Å². The van der Waals surface area contributed by atoms with Crippen LogP contribution in [0.4, 0.5) is 0 Å². The molecule has 6 nitrogen and oxygen atoms in total. The molecule has 1 aliphatic rings. The monoisotopic (exact) mass is 382 g/mol. The Morgan fingerprint density at radius 2 is 1.64 bits per heavy atom. The molecule has 1 N–H and O–H groups in total. The smallest absolute Gasteiger partial charge is 0.225 e. The maximum Gasteiger partial charge on any atom is 0.225 e. The van der Waals surface area contributed by atoms with Crippen molar-refractivity contribution in [3.05, 3.63) is 59.7 Å². The van der Waals surface area contributed by atoms with E-state index in [1.165, 1.54) is 0 Å². The van der Waals surface area contributed by atoms with Gasteiger partial charge in [0.15, 0.2) is 0 Å². The number of ether oxygens (including phenoxy) is 2. The first kappa shape index (κ1) is 19.7. The Kier molecular flexibility index (Phi) is 6.19. The van der Waals surface area contributed by atoms with Gasteiger partial charge in [0.1, 0.15) is 11.5 Å². The minimum atomic E-state index is -0.327. The first-order chi connectivity index (χ1) is 13.5. The predicted octanol–water partition coefficient (Wildman–Crippen LogP) is 2.93. The van der Waals surface area contributed by atoms with E-state index in [0.717, 1.165) is 22.6 Å². The van der Waals surface area contributed by atoms with Crippen molar-refractivity contribution in [1.29, 1.82) is 0 Å². The Bertz CT molecular complexity index is 817. The topological polar surface area (TPSA) is 67.9 Å². The van der Waals surface area contributed by atoms with Crippen molar-refractivity contribution in [1.82, 2.24) is 10.2 Å². The fourth-order valence-corrected chi connectivity index (χ4v) is 3.36. The summed E-state index contributed by atoms with van der Waals surface area (Å²) in [6.45, 7) is 2.87. The third-order valence-corrected chi connectivity index (χ3v) is 5.09. The SMILES string of the molecule is COc1ccc(CN2CC(C(=O)NC(C)c3ccc(OC)cc3)CC2=O)cc1. The molecule has 6 heteroatoms. The molecule has 0 saturated carbocycles. The molecule has 2 aromatic rings. The molecule has 1 aliphatic heterocycles. The number of carbonyl (C=O) groups excluding carboxylic acids is 2. The number of amides is 2. The zero-order valence-corrected chi connectivity index (χ0v) is 16.5. The van der Waals surface area contributed by atoms with E-state index >= 15 is 0 Å². The number of methoxy groups -OCH3 is 2. The van der Waals surface area contributed by atoms with Crippen LogP contribution in [0.2, 0.25) is 0 Å². The molecule has 0 bridgehead atoms. The van der Waals surface area contributed by atoms with E-state index in [2.05, 4.69) is 5.32 Å². The highest BCUT2D eigenvalue weighted by molar-refractivity contribution is 5.89. The van der Waals surface area contributed by atoms with E-state index in [1.807, 2.05) is 55.5 Å².